The van der Waals surface area contributed by atoms with Crippen LogP contribution in [-0.2, 0) is 4.74 Å². The first-order valence-corrected chi connectivity index (χ1v) is 11.7. The van der Waals surface area contributed by atoms with Crippen molar-refractivity contribution in [3.8, 4) is 11.1 Å². The Hall–Kier alpha value is -2.16. The maximum Gasteiger partial charge on any atom is 0.341 e. The first-order chi connectivity index (χ1) is 14.6. The molecule has 1 aliphatic rings. The zero-order chi connectivity index (χ0) is 21.3. The van der Waals surface area contributed by atoms with Gasteiger partial charge in [-0.3, -0.25) is 0 Å². The number of benzene rings is 2. The quantitative estimate of drug-likeness (QED) is 0.310. The molecule has 2 nitrogen and oxygen atoms in total. The molecular formula is C27H35FO2. The molecule has 1 fully saturated rings. The van der Waals surface area contributed by atoms with Crippen LogP contribution >= 0.6 is 0 Å². The van der Waals surface area contributed by atoms with E-state index in [2.05, 4.69) is 31.2 Å². The molecule has 0 aromatic heterocycles. The average molecular weight is 411 g/mol. The van der Waals surface area contributed by atoms with E-state index < -0.39 is 11.8 Å². The number of esters is 1. The number of carbonyl (C=O) groups is 1. The minimum Gasteiger partial charge on any atom is -0.462 e. The molecule has 0 spiro atoms. The van der Waals surface area contributed by atoms with E-state index in [9.17, 15) is 9.18 Å². The molecule has 1 aliphatic carbocycles. The number of ether oxygens (including phenoxy) is 1. The molecule has 0 unspecified atom stereocenters. The van der Waals surface area contributed by atoms with Gasteiger partial charge in [-0.05, 0) is 72.8 Å². The van der Waals surface area contributed by atoms with E-state index in [1.165, 1.54) is 69.1 Å². The van der Waals surface area contributed by atoms with Gasteiger partial charge in [-0.1, -0.05) is 69.9 Å². The van der Waals surface area contributed by atoms with Gasteiger partial charge in [0, 0.05) is 0 Å². The zero-order valence-corrected chi connectivity index (χ0v) is 18.5. The van der Waals surface area contributed by atoms with Crippen molar-refractivity contribution in [2.24, 2.45) is 5.92 Å². The summed E-state index contributed by atoms with van der Waals surface area (Å²) in [5.41, 5.74) is 3.15. The highest BCUT2D eigenvalue weighted by atomic mass is 19.1. The topological polar surface area (TPSA) is 26.3 Å². The summed E-state index contributed by atoms with van der Waals surface area (Å²) >= 11 is 0. The summed E-state index contributed by atoms with van der Waals surface area (Å²) in [4.78, 5) is 11.9. The minimum atomic E-state index is -0.596. The van der Waals surface area contributed by atoms with Crippen molar-refractivity contribution in [2.45, 2.75) is 77.6 Å². The first kappa shape index (κ1) is 22.5. The normalized spacial score (nSPS) is 18.9. The van der Waals surface area contributed by atoms with Gasteiger partial charge in [-0.15, -0.1) is 0 Å². The molecule has 0 saturated heterocycles. The third-order valence-corrected chi connectivity index (χ3v) is 6.40. The van der Waals surface area contributed by atoms with Crippen LogP contribution in [0.5, 0.6) is 0 Å². The number of carbonyl (C=O) groups excluding carboxylic acids is 1. The molecule has 0 bridgehead atoms. The fraction of sp³-hybridized carbons (Fsp3) is 0.519. The Morgan fingerprint density at radius 2 is 1.63 bits per heavy atom. The Bertz CT molecular complexity index is 804. The van der Waals surface area contributed by atoms with E-state index >= 15 is 0 Å². The lowest BCUT2D eigenvalue weighted by molar-refractivity contribution is 0.0500. The lowest BCUT2D eigenvalue weighted by Crippen LogP contribution is -2.13. The molecule has 0 radical (unpaired) electrons. The van der Waals surface area contributed by atoms with E-state index in [1.54, 1.807) is 6.07 Å². The van der Waals surface area contributed by atoms with Crippen molar-refractivity contribution in [3.05, 3.63) is 59.4 Å². The van der Waals surface area contributed by atoms with Crippen molar-refractivity contribution in [3.63, 3.8) is 0 Å². The van der Waals surface area contributed by atoms with Crippen molar-refractivity contribution in [1.82, 2.24) is 0 Å². The van der Waals surface area contributed by atoms with E-state index in [0.29, 0.717) is 12.5 Å². The van der Waals surface area contributed by atoms with Crippen LogP contribution in [0.2, 0.25) is 0 Å². The number of halogens is 1. The Morgan fingerprint density at radius 3 is 2.27 bits per heavy atom. The first-order valence-electron chi connectivity index (χ1n) is 11.7. The Labute approximate surface area is 180 Å². The Kier molecular flexibility index (Phi) is 8.48. The van der Waals surface area contributed by atoms with Crippen LogP contribution in [0.4, 0.5) is 4.39 Å². The third kappa shape index (κ3) is 5.93. The molecule has 0 atom stereocenters. The fourth-order valence-electron chi connectivity index (χ4n) is 4.55. The smallest absolute Gasteiger partial charge is 0.341 e. The highest BCUT2D eigenvalue weighted by Gasteiger charge is 2.22. The van der Waals surface area contributed by atoms with Crippen LogP contribution in [0.3, 0.4) is 0 Å². The number of hydrogen-bond donors (Lipinski definition) is 0. The van der Waals surface area contributed by atoms with Gasteiger partial charge in [0.15, 0.2) is 0 Å². The van der Waals surface area contributed by atoms with E-state index in [0.717, 1.165) is 23.5 Å². The standard InChI is InChI=1S/C27H35FO2/c1-3-5-6-7-20-8-10-21(11-9-20)22-12-14-23(15-13-22)24-16-17-25(26(28)19-24)27(29)30-18-4-2/h12-17,19-21H,3-11,18H2,1-2H3. The largest absolute Gasteiger partial charge is 0.462 e. The molecule has 0 amide bonds. The Balaban J connectivity index is 1.59. The average Bonchev–Trinajstić information content (AvgIpc) is 2.78. The molecule has 2 aromatic rings. The van der Waals surface area contributed by atoms with Gasteiger partial charge < -0.3 is 4.74 Å². The minimum absolute atomic E-state index is 0.000448. The second kappa shape index (κ2) is 11.3. The van der Waals surface area contributed by atoms with Gasteiger partial charge in [-0.25, -0.2) is 9.18 Å². The molecule has 162 valence electrons. The van der Waals surface area contributed by atoms with Crippen molar-refractivity contribution >= 4 is 5.97 Å². The predicted octanol–water partition coefficient (Wildman–Crippen LogP) is 7.91. The summed E-state index contributed by atoms with van der Waals surface area (Å²) in [6.45, 7) is 4.49. The molecule has 0 aliphatic heterocycles. The molecule has 3 heteroatoms. The van der Waals surface area contributed by atoms with Crippen molar-refractivity contribution in [2.75, 3.05) is 6.61 Å². The van der Waals surface area contributed by atoms with Gasteiger partial charge in [0.1, 0.15) is 5.82 Å². The number of rotatable bonds is 9. The molecule has 2 aromatic carbocycles. The van der Waals surface area contributed by atoms with E-state index in [4.69, 9.17) is 4.74 Å². The highest BCUT2D eigenvalue weighted by Crippen LogP contribution is 2.38. The number of unbranched alkanes of at least 4 members (excludes halogenated alkanes) is 2. The van der Waals surface area contributed by atoms with Gasteiger partial charge in [0.25, 0.3) is 0 Å². The fourth-order valence-corrected chi connectivity index (χ4v) is 4.55. The Morgan fingerprint density at radius 1 is 0.933 bits per heavy atom. The van der Waals surface area contributed by atoms with Crippen LogP contribution in [0.25, 0.3) is 11.1 Å². The summed E-state index contributed by atoms with van der Waals surface area (Å²) in [7, 11) is 0. The van der Waals surface area contributed by atoms with Crippen molar-refractivity contribution in [1.29, 1.82) is 0 Å². The second-order valence-corrected chi connectivity index (χ2v) is 8.67. The van der Waals surface area contributed by atoms with Crippen LogP contribution in [0.1, 0.15) is 93.5 Å². The predicted molar refractivity (Wildman–Crippen MR) is 121 cm³/mol. The molecule has 1 saturated carbocycles. The zero-order valence-electron chi connectivity index (χ0n) is 18.5. The molecule has 3 rings (SSSR count). The lowest BCUT2D eigenvalue weighted by Gasteiger charge is -2.29. The van der Waals surface area contributed by atoms with Crippen molar-refractivity contribution < 1.29 is 13.9 Å². The van der Waals surface area contributed by atoms with E-state index in [-0.39, 0.29) is 5.56 Å². The van der Waals surface area contributed by atoms with Gasteiger partial charge in [-0.2, -0.15) is 0 Å². The monoisotopic (exact) mass is 410 g/mol. The lowest BCUT2D eigenvalue weighted by atomic mass is 9.77. The summed E-state index contributed by atoms with van der Waals surface area (Å²) < 4.78 is 19.5. The summed E-state index contributed by atoms with van der Waals surface area (Å²) in [6.07, 6.45) is 11.4. The maximum absolute atomic E-state index is 14.4. The molecule has 0 heterocycles. The summed E-state index contributed by atoms with van der Waals surface area (Å²) in [5, 5.41) is 0. The van der Waals surface area contributed by atoms with Gasteiger partial charge in [0.05, 0.1) is 12.2 Å². The van der Waals surface area contributed by atoms with E-state index in [1.807, 2.05) is 6.92 Å². The summed E-state index contributed by atoms with van der Waals surface area (Å²) in [6, 6.07) is 13.3. The maximum atomic E-state index is 14.4. The van der Waals surface area contributed by atoms with Gasteiger partial charge >= 0.3 is 5.97 Å². The molecular weight excluding hydrogens is 375 g/mol. The second-order valence-electron chi connectivity index (χ2n) is 8.67. The number of hydrogen-bond acceptors (Lipinski definition) is 2. The van der Waals surface area contributed by atoms with Crippen LogP contribution < -0.4 is 0 Å². The summed E-state index contributed by atoms with van der Waals surface area (Å²) in [5.74, 6) is 0.437. The third-order valence-electron chi connectivity index (χ3n) is 6.40. The van der Waals surface area contributed by atoms with Crippen LogP contribution in [-0.4, -0.2) is 12.6 Å². The molecule has 30 heavy (non-hydrogen) atoms. The van der Waals surface area contributed by atoms with Crippen LogP contribution in [0, 0.1) is 11.7 Å². The molecule has 0 N–H and O–H groups in total. The SMILES string of the molecule is CCCCCC1CCC(c2ccc(-c3ccc(C(=O)OCCC)c(F)c3)cc2)CC1. The highest BCUT2D eigenvalue weighted by molar-refractivity contribution is 5.90. The van der Waals surface area contributed by atoms with Crippen LogP contribution in [0.15, 0.2) is 42.5 Å². The van der Waals surface area contributed by atoms with Gasteiger partial charge in [0.2, 0.25) is 0 Å².